The molecule has 6 nitrogen and oxygen atoms in total. The number of ether oxygens (including phenoxy) is 2. The lowest BCUT2D eigenvalue weighted by Gasteiger charge is -2.12. The van der Waals surface area contributed by atoms with Crippen molar-refractivity contribution < 1.29 is 24.2 Å². The second-order valence-electron chi connectivity index (χ2n) is 6.48. The summed E-state index contributed by atoms with van der Waals surface area (Å²) in [5.41, 5.74) is 2.45. The van der Waals surface area contributed by atoms with Gasteiger partial charge in [-0.15, -0.1) is 0 Å². The van der Waals surface area contributed by atoms with Gasteiger partial charge in [0.15, 0.2) is 0 Å². The van der Waals surface area contributed by atoms with Crippen LogP contribution in [0, 0.1) is 0 Å². The van der Waals surface area contributed by atoms with Crippen LogP contribution in [0.15, 0.2) is 71.9 Å². The van der Waals surface area contributed by atoms with Crippen LogP contribution in [0.4, 0.5) is 0 Å². The molecule has 0 unspecified atom stereocenters. The Hall–Kier alpha value is -3.22. The highest BCUT2D eigenvalue weighted by Gasteiger charge is 2.05. The van der Waals surface area contributed by atoms with Crippen LogP contribution in [0.3, 0.4) is 0 Å². The molecule has 1 N–H and O–H groups in total. The molecule has 0 aromatic heterocycles. The predicted octanol–water partition coefficient (Wildman–Crippen LogP) is 5.59. The highest BCUT2D eigenvalue weighted by molar-refractivity contribution is 6.30. The van der Waals surface area contributed by atoms with Gasteiger partial charge in [0, 0.05) is 21.7 Å². The number of benzene rings is 3. The smallest absolute Gasteiger partial charge is 0.344 e. The van der Waals surface area contributed by atoms with E-state index in [1.54, 1.807) is 30.3 Å². The molecular formula is C23H19Cl2NO5. The van der Waals surface area contributed by atoms with Gasteiger partial charge in [0.05, 0.1) is 6.21 Å². The van der Waals surface area contributed by atoms with E-state index in [2.05, 4.69) is 5.16 Å². The van der Waals surface area contributed by atoms with E-state index in [-0.39, 0.29) is 0 Å². The van der Waals surface area contributed by atoms with Crippen LogP contribution in [0.25, 0.3) is 0 Å². The lowest BCUT2D eigenvalue weighted by Crippen LogP contribution is -2.03. The molecule has 0 fully saturated rings. The first kappa shape index (κ1) is 22.5. The number of hydrogen-bond donors (Lipinski definition) is 1. The van der Waals surface area contributed by atoms with Crippen molar-refractivity contribution in [3.8, 4) is 11.5 Å². The minimum Gasteiger partial charge on any atom is -0.489 e. The van der Waals surface area contributed by atoms with Gasteiger partial charge in [-0.2, -0.15) is 0 Å². The lowest BCUT2D eigenvalue weighted by atomic mass is 10.2. The zero-order chi connectivity index (χ0) is 22.1. The molecule has 0 bridgehead atoms. The summed E-state index contributed by atoms with van der Waals surface area (Å²) in [4.78, 5) is 15.3. The molecule has 0 radical (unpaired) electrons. The van der Waals surface area contributed by atoms with Crippen molar-refractivity contribution in [1.82, 2.24) is 0 Å². The van der Waals surface area contributed by atoms with Gasteiger partial charge in [-0.05, 0) is 47.5 Å². The highest BCUT2D eigenvalue weighted by atomic mass is 35.5. The third-order valence-electron chi connectivity index (χ3n) is 3.96. The molecule has 3 rings (SSSR count). The van der Waals surface area contributed by atoms with Crippen molar-refractivity contribution in [2.75, 3.05) is 6.61 Å². The number of carboxylic acids is 1. The third kappa shape index (κ3) is 7.85. The predicted molar refractivity (Wildman–Crippen MR) is 119 cm³/mol. The topological polar surface area (TPSA) is 77.4 Å². The summed E-state index contributed by atoms with van der Waals surface area (Å²) in [6.45, 7) is 0.0917. The number of carboxylic acid groups (broad SMARTS) is 1. The highest BCUT2D eigenvalue weighted by Crippen LogP contribution is 2.25. The van der Waals surface area contributed by atoms with Crippen LogP contribution < -0.4 is 9.47 Å². The Bertz CT molecular complexity index is 1000. The molecule has 0 saturated heterocycles. The Labute approximate surface area is 189 Å². The van der Waals surface area contributed by atoms with E-state index < -0.39 is 12.6 Å². The molecule has 0 spiro atoms. The van der Waals surface area contributed by atoms with E-state index in [1.807, 2.05) is 36.4 Å². The summed E-state index contributed by atoms with van der Waals surface area (Å²) < 4.78 is 11.8. The van der Waals surface area contributed by atoms with Gasteiger partial charge in [0.2, 0.25) is 6.61 Å². The molecule has 31 heavy (non-hydrogen) atoms. The maximum atomic E-state index is 10.5. The fourth-order valence-electron chi connectivity index (χ4n) is 2.61. The second-order valence-corrected chi connectivity index (χ2v) is 7.35. The van der Waals surface area contributed by atoms with E-state index in [1.165, 1.54) is 6.21 Å². The van der Waals surface area contributed by atoms with E-state index in [9.17, 15) is 4.79 Å². The van der Waals surface area contributed by atoms with E-state index in [0.29, 0.717) is 40.3 Å². The van der Waals surface area contributed by atoms with Gasteiger partial charge in [-0.1, -0.05) is 52.6 Å². The lowest BCUT2D eigenvalue weighted by molar-refractivity contribution is -0.142. The fourth-order valence-corrected chi connectivity index (χ4v) is 3.04. The standard InChI is InChI=1S/C23H19Cl2NO5/c24-19-5-1-3-16(7-19)13-29-21-9-18(12-26-31-15-23(27)28)10-22(11-21)30-14-17-4-2-6-20(25)8-17/h1-12H,13-15H2,(H,27,28)/b26-12+. The Kier molecular flexibility index (Phi) is 8.15. The number of nitrogens with zero attached hydrogens (tertiary/aromatic N) is 1. The third-order valence-corrected chi connectivity index (χ3v) is 4.43. The van der Waals surface area contributed by atoms with E-state index >= 15 is 0 Å². The summed E-state index contributed by atoms with van der Waals surface area (Å²) >= 11 is 12.0. The van der Waals surface area contributed by atoms with Crippen molar-refractivity contribution in [3.05, 3.63) is 93.5 Å². The quantitative estimate of drug-likeness (QED) is 0.316. The van der Waals surface area contributed by atoms with E-state index in [0.717, 1.165) is 11.1 Å². The molecule has 8 heteroatoms. The van der Waals surface area contributed by atoms with E-state index in [4.69, 9.17) is 42.6 Å². The van der Waals surface area contributed by atoms with Crippen LogP contribution in [-0.2, 0) is 22.8 Å². The summed E-state index contributed by atoms with van der Waals surface area (Å²) in [5.74, 6) is -0.0205. The Morgan fingerprint density at radius 1 is 0.871 bits per heavy atom. The monoisotopic (exact) mass is 459 g/mol. The average Bonchev–Trinajstić information content (AvgIpc) is 2.74. The normalized spacial score (nSPS) is 10.8. The van der Waals surface area contributed by atoms with Crippen molar-refractivity contribution in [1.29, 1.82) is 0 Å². The number of aliphatic carboxylic acids is 1. The Morgan fingerprint density at radius 2 is 1.42 bits per heavy atom. The van der Waals surface area contributed by atoms with Crippen LogP contribution in [-0.4, -0.2) is 23.9 Å². The Morgan fingerprint density at radius 3 is 1.90 bits per heavy atom. The van der Waals surface area contributed by atoms with Gasteiger partial charge in [-0.3, -0.25) is 0 Å². The molecule has 0 aliphatic heterocycles. The summed E-state index contributed by atoms with van der Waals surface area (Å²) in [6, 6.07) is 20.0. The molecule has 3 aromatic rings. The maximum Gasteiger partial charge on any atom is 0.344 e. The molecule has 0 aliphatic rings. The van der Waals surface area contributed by atoms with Crippen molar-refractivity contribution in [2.45, 2.75) is 13.2 Å². The van der Waals surface area contributed by atoms with Crippen molar-refractivity contribution >= 4 is 35.4 Å². The number of rotatable bonds is 10. The first-order valence-electron chi connectivity index (χ1n) is 9.24. The maximum absolute atomic E-state index is 10.5. The van der Waals surface area contributed by atoms with Crippen LogP contribution in [0.2, 0.25) is 10.0 Å². The van der Waals surface area contributed by atoms with Gasteiger partial charge < -0.3 is 19.4 Å². The fraction of sp³-hybridized carbons (Fsp3) is 0.130. The largest absolute Gasteiger partial charge is 0.489 e. The minimum atomic E-state index is -1.11. The van der Waals surface area contributed by atoms with Gasteiger partial charge in [-0.25, -0.2) is 4.79 Å². The molecule has 0 saturated carbocycles. The molecule has 0 amide bonds. The van der Waals surface area contributed by atoms with Gasteiger partial charge in [0.25, 0.3) is 0 Å². The average molecular weight is 460 g/mol. The van der Waals surface area contributed by atoms with Crippen molar-refractivity contribution in [3.63, 3.8) is 0 Å². The molecule has 160 valence electrons. The Balaban J connectivity index is 1.74. The van der Waals surface area contributed by atoms with Crippen LogP contribution in [0.5, 0.6) is 11.5 Å². The van der Waals surface area contributed by atoms with Gasteiger partial charge in [0.1, 0.15) is 24.7 Å². The van der Waals surface area contributed by atoms with Crippen LogP contribution in [0.1, 0.15) is 16.7 Å². The zero-order valence-corrected chi connectivity index (χ0v) is 17.8. The molecule has 3 aromatic carbocycles. The molecule has 0 aliphatic carbocycles. The number of carbonyl (C=O) groups is 1. The molecular weight excluding hydrogens is 441 g/mol. The van der Waals surface area contributed by atoms with Gasteiger partial charge >= 0.3 is 5.97 Å². The summed E-state index contributed by atoms with van der Waals surface area (Å²) in [5, 5.41) is 13.6. The SMILES string of the molecule is O=C(O)CO/N=C/c1cc(OCc2cccc(Cl)c2)cc(OCc2cccc(Cl)c2)c1. The second kappa shape index (κ2) is 11.2. The first-order chi connectivity index (χ1) is 15.0. The summed E-state index contributed by atoms with van der Waals surface area (Å²) in [6.07, 6.45) is 1.39. The molecule has 0 atom stereocenters. The number of oxime groups is 1. The number of halogens is 2. The first-order valence-corrected chi connectivity index (χ1v) is 10.0. The van der Waals surface area contributed by atoms with Crippen molar-refractivity contribution in [2.24, 2.45) is 5.16 Å². The molecule has 0 heterocycles. The minimum absolute atomic E-state index is 0.310. The summed E-state index contributed by atoms with van der Waals surface area (Å²) in [7, 11) is 0. The van der Waals surface area contributed by atoms with Crippen LogP contribution >= 0.6 is 23.2 Å². The zero-order valence-electron chi connectivity index (χ0n) is 16.3. The number of hydrogen-bond acceptors (Lipinski definition) is 5.